The molecule has 0 saturated carbocycles. The number of halogens is 2. The zero-order valence-electron chi connectivity index (χ0n) is 11.1. The lowest BCUT2D eigenvalue weighted by molar-refractivity contribution is 0.275. The van der Waals surface area contributed by atoms with E-state index < -0.39 is 0 Å². The van der Waals surface area contributed by atoms with E-state index in [0.29, 0.717) is 10.0 Å². The van der Waals surface area contributed by atoms with Gasteiger partial charge in [0.1, 0.15) is 0 Å². The van der Waals surface area contributed by atoms with Gasteiger partial charge in [0, 0.05) is 36.7 Å². The van der Waals surface area contributed by atoms with Crippen LogP contribution < -0.4 is 5.73 Å². The van der Waals surface area contributed by atoms with Crippen molar-refractivity contribution in [3.8, 4) is 0 Å². The molecule has 1 aliphatic rings. The molecule has 1 aromatic carbocycles. The maximum Gasteiger partial charge on any atom is 0.0640 e. The molecular weight excluding hydrogens is 299 g/mol. The number of benzene rings is 1. The van der Waals surface area contributed by atoms with E-state index in [2.05, 4.69) is 11.8 Å². The number of hydrogen-bond acceptors (Lipinski definition) is 3. The molecule has 19 heavy (non-hydrogen) atoms. The molecule has 2 nitrogen and oxygen atoms in total. The molecule has 1 aromatic rings. The monoisotopic (exact) mass is 318 g/mol. The number of rotatable bonds is 4. The largest absolute Gasteiger partial charge is 0.324 e. The molecule has 0 bridgehead atoms. The second kappa shape index (κ2) is 7.19. The van der Waals surface area contributed by atoms with Crippen molar-refractivity contribution in [1.29, 1.82) is 0 Å². The minimum Gasteiger partial charge on any atom is -0.324 e. The standard InChI is InChI=1S/C14H20Cl2N2S/c1-10-9-18(7-8-19-10)6-5-13(17)11-3-2-4-12(15)14(11)16/h2-4,10,13H,5-9,17H2,1H3. The van der Waals surface area contributed by atoms with Crippen LogP contribution in [0.4, 0.5) is 0 Å². The molecule has 0 aromatic heterocycles. The van der Waals surface area contributed by atoms with Gasteiger partial charge in [-0.2, -0.15) is 11.8 Å². The molecule has 0 aliphatic carbocycles. The first-order chi connectivity index (χ1) is 9.08. The molecule has 0 amide bonds. The van der Waals surface area contributed by atoms with Crippen molar-refractivity contribution in [2.24, 2.45) is 5.73 Å². The molecule has 1 saturated heterocycles. The molecule has 1 fully saturated rings. The summed E-state index contributed by atoms with van der Waals surface area (Å²) >= 11 is 14.3. The lowest BCUT2D eigenvalue weighted by Crippen LogP contribution is -2.38. The zero-order chi connectivity index (χ0) is 13.8. The second-order valence-electron chi connectivity index (χ2n) is 5.02. The van der Waals surface area contributed by atoms with Gasteiger partial charge < -0.3 is 10.6 Å². The average molecular weight is 319 g/mol. The third kappa shape index (κ3) is 4.27. The summed E-state index contributed by atoms with van der Waals surface area (Å²) in [4.78, 5) is 2.49. The van der Waals surface area contributed by atoms with Gasteiger partial charge in [-0.05, 0) is 18.1 Å². The molecule has 0 spiro atoms. The Hall–Kier alpha value is 0.0700. The van der Waals surface area contributed by atoms with Gasteiger partial charge in [-0.15, -0.1) is 0 Å². The van der Waals surface area contributed by atoms with Gasteiger partial charge in [0.05, 0.1) is 10.0 Å². The van der Waals surface area contributed by atoms with Crippen LogP contribution in [0.25, 0.3) is 0 Å². The molecule has 2 N–H and O–H groups in total. The van der Waals surface area contributed by atoms with Gasteiger partial charge in [-0.1, -0.05) is 42.3 Å². The molecule has 2 unspecified atom stereocenters. The van der Waals surface area contributed by atoms with Crippen molar-refractivity contribution in [3.63, 3.8) is 0 Å². The summed E-state index contributed by atoms with van der Waals surface area (Å²) in [5.41, 5.74) is 7.19. The van der Waals surface area contributed by atoms with E-state index in [4.69, 9.17) is 28.9 Å². The smallest absolute Gasteiger partial charge is 0.0640 e. The molecular formula is C14H20Cl2N2S. The van der Waals surface area contributed by atoms with Crippen LogP contribution in [0, 0.1) is 0 Å². The maximum absolute atomic E-state index is 6.24. The minimum absolute atomic E-state index is 0.0453. The number of thioether (sulfide) groups is 1. The van der Waals surface area contributed by atoms with E-state index in [9.17, 15) is 0 Å². The van der Waals surface area contributed by atoms with Crippen LogP contribution in [-0.4, -0.2) is 35.5 Å². The Balaban J connectivity index is 1.90. The Bertz CT molecular complexity index is 428. The fourth-order valence-electron chi connectivity index (χ4n) is 2.38. The van der Waals surface area contributed by atoms with E-state index in [1.54, 1.807) is 6.07 Å². The van der Waals surface area contributed by atoms with Gasteiger partial charge in [0.2, 0.25) is 0 Å². The van der Waals surface area contributed by atoms with Gasteiger partial charge in [-0.25, -0.2) is 0 Å². The third-order valence-corrected chi connectivity index (χ3v) is 5.43. The average Bonchev–Trinajstić information content (AvgIpc) is 2.39. The summed E-state index contributed by atoms with van der Waals surface area (Å²) in [7, 11) is 0. The summed E-state index contributed by atoms with van der Waals surface area (Å²) in [6.45, 7) is 5.62. The number of hydrogen-bond donors (Lipinski definition) is 1. The highest BCUT2D eigenvalue weighted by Crippen LogP contribution is 2.30. The zero-order valence-corrected chi connectivity index (χ0v) is 13.4. The van der Waals surface area contributed by atoms with E-state index in [-0.39, 0.29) is 6.04 Å². The van der Waals surface area contributed by atoms with Crippen molar-refractivity contribution in [3.05, 3.63) is 33.8 Å². The first kappa shape index (κ1) is 15.5. The number of nitrogens with two attached hydrogens (primary N) is 1. The first-order valence-electron chi connectivity index (χ1n) is 6.61. The second-order valence-corrected chi connectivity index (χ2v) is 7.35. The Morgan fingerprint density at radius 3 is 3.00 bits per heavy atom. The third-order valence-electron chi connectivity index (χ3n) is 3.46. The van der Waals surface area contributed by atoms with Crippen LogP contribution in [0.1, 0.15) is 24.9 Å². The van der Waals surface area contributed by atoms with Crippen LogP contribution >= 0.6 is 35.0 Å². The van der Waals surface area contributed by atoms with Crippen molar-refractivity contribution in [2.45, 2.75) is 24.6 Å². The maximum atomic E-state index is 6.24. The summed E-state index contributed by atoms with van der Waals surface area (Å²) in [5, 5.41) is 1.90. The van der Waals surface area contributed by atoms with Crippen LogP contribution in [0.5, 0.6) is 0 Å². The van der Waals surface area contributed by atoms with Crippen LogP contribution in [0.2, 0.25) is 10.0 Å². The van der Waals surface area contributed by atoms with Crippen molar-refractivity contribution >= 4 is 35.0 Å². The van der Waals surface area contributed by atoms with Gasteiger partial charge in [0.25, 0.3) is 0 Å². The Morgan fingerprint density at radius 1 is 1.47 bits per heavy atom. The lowest BCUT2D eigenvalue weighted by Gasteiger charge is -2.31. The summed E-state index contributed by atoms with van der Waals surface area (Å²) in [5.74, 6) is 1.22. The van der Waals surface area contributed by atoms with Crippen LogP contribution in [0.3, 0.4) is 0 Å². The lowest BCUT2D eigenvalue weighted by atomic mass is 10.0. The first-order valence-corrected chi connectivity index (χ1v) is 8.42. The fraction of sp³-hybridized carbons (Fsp3) is 0.571. The highest BCUT2D eigenvalue weighted by Gasteiger charge is 2.18. The Morgan fingerprint density at radius 2 is 2.26 bits per heavy atom. The van der Waals surface area contributed by atoms with Crippen LogP contribution in [-0.2, 0) is 0 Å². The highest BCUT2D eigenvalue weighted by molar-refractivity contribution is 7.99. The highest BCUT2D eigenvalue weighted by atomic mass is 35.5. The molecule has 1 aliphatic heterocycles. The predicted molar refractivity (Wildman–Crippen MR) is 86.4 cm³/mol. The molecule has 0 radical (unpaired) electrons. The quantitative estimate of drug-likeness (QED) is 0.915. The van der Waals surface area contributed by atoms with E-state index in [0.717, 1.165) is 36.9 Å². The Kier molecular flexibility index (Phi) is 5.85. The fourth-order valence-corrected chi connectivity index (χ4v) is 3.91. The summed E-state index contributed by atoms with van der Waals surface area (Å²) < 4.78 is 0. The van der Waals surface area contributed by atoms with E-state index in [1.807, 2.05) is 23.9 Å². The van der Waals surface area contributed by atoms with Crippen molar-refractivity contribution in [1.82, 2.24) is 4.90 Å². The van der Waals surface area contributed by atoms with Gasteiger partial charge in [-0.3, -0.25) is 0 Å². The van der Waals surface area contributed by atoms with Crippen molar-refractivity contribution in [2.75, 3.05) is 25.4 Å². The minimum atomic E-state index is -0.0453. The SMILES string of the molecule is CC1CN(CCC(N)c2cccc(Cl)c2Cl)CCS1. The predicted octanol–water partition coefficient (Wildman–Crippen LogP) is 3.82. The Labute approximate surface area is 129 Å². The van der Waals surface area contributed by atoms with E-state index >= 15 is 0 Å². The number of nitrogens with zero attached hydrogens (tertiary/aromatic N) is 1. The summed E-state index contributed by atoms with van der Waals surface area (Å²) in [6.07, 6.45) is 0.914. The molecule has 5 heteroatoms. The molecule has 106 valence electrons. The topological polar surface area (TPSA) is 29.3 Å². The van der Waals surface area contributed by atoms with Gasteiger partial charge >= 0.3 is 0 Å². The molecule has 2 atom stereocenters. The normalized spacial score (nSPS) is 22.4. The molecule has 1 heterocycles. The summed E-state index contributed by atoms with van der Waals surface area (Å²) in [6, 6.07) is 5.62. The molecule has 2 rings (SSSR count). The van der Waals surface area contributed by atoms with Crippen LogP contribution in [0.15, 0.2) is 18.2 Å². The van der Waals surface area contributed by atoms with E-state index in [1.165, 1.54) is 5.75 Å². The van der Waals surface area contributed by atoms with Crippen molar-refractivity contribution < 1.29 is 0 Å². The van der Waals surface area contributed by atoms with Gasteiger partial charge in [0.15, 0.2) is 0 Å².